The van der Waals surface area contributed by atoms with E-state index in [1.165, 1.54) is 0 Å². The molecule has 0 radical (unpaired) electrons. The Balaban J connectivity index is 2.19. The largest absolute Gasteiger partial charge is 0.464 e. The van der Waals surface area contributed by atoms with Crippen LogP contribution in [0, 0.1) is 0 Å². The number of hydrogen-bond donors (Lipinski definition) is 1. The van der Waals surface area contributed by atoms with E-state index in [0.717, 1.165) is 18.7 Å². The molecule has 98 valence electrons. The van der Waals surface area contributed by atoms with Gasteiger partial charge in [-0.25, -0.2) is 4.79 Å². The third-order valence-electron chi connectivity index (χ3n) is 3.30. The van der Waals surface area contributed by atoms with Crippen LogP contribution in [-0.4, -0.2) is 42.7 Å². The summed E-state index contributed by atoms with van der Waals surface area (Å²) in [4.78, 5) is 13.8. The van der Waals surface area contributed by atoms with Crippen LogP contribution in [0.3, 0.4) is 0 Å². The molecule has 1 aromatic rings. The first-order valence-electron chi connectivity index (χ1n) is 6.25. The molecule has 0 bridgehead atoms. The van der Waals surface area contributed by atoms with Crippen LogP contribution >= 0.6 is 0 Å². The third-order valence-corrected chi connectivity index (χ3v) is 3.30. The number of likely N-dealkylation sites (tertiary alicyclic amines) is 1. The number of benzene rings is 1. The highest BCUT2D eigenvalue weighted by Crippen LogP contribution is 2.31. The Labute approximate surface area is 107 Å². The molecular formula is C14H19NO3. The van der Waals surface area contributed by atoms with Crippen LogP contribution in [0.5, 0.6) is 0 Å². The summed E-state index contributed by atoms with van der Waals surface area (Å²) < 4.78 is 4.87. The molecule has 1 heterocycles. The molecule has 1 aliphatic heterocycles. The van der Waals surface area contributed by atoms with Crippen molar-refractivity contribution in [1.82, 2.24) is 4.90 Å². The zero-order chi connectivity index (χ0) is 13.1. The number of nitrogens with zero attached hydrogens (tertiary/aromatic N) is 1. The predicted octanol–water partition coefficient (Wildman–Crippen LogP) is 1.31. The van der Waals surface area contributed by atoms with E-state index in [0.29, 0.717) is 11.5 Å². The van der Waals surface area contributed by atoms with Gasteiger partial charge in [0, 0.05) is 19.0 Å². The molecule has 4 heteroatoms. The van der Waals surface area contributed by atoms with Crippen LogP contribution in [0.25, 0.3) is 0 Å². The van der Waals surface area contributed by atoms with Crippen molar-refractivity contribution in [3.8, 4) is 0 Å². The highest BCUT2D eigenvalue weighted by Gasteiger charge is 2.30. The van der Waals surface area contributed by atoms with Crippen LogP contribution in [0.15, 0.2) is 24.3 Å². The summed E-state index contributed by atoms with van der Waals surface area (Å²) in [7, 11) is 2.06. The van der Waals surface area contributed by atoms with Crippen LogP contribution in [0.4, 0.5) is 0 Å². The first kappa shape index (κ1) is 13.1. The van der Waals surface area contributed by atoms with Gasteiger partial charge in [0.15, 0.2) is 6.10 Å². The Bertz CT molecular complexity index is 427. The number of likely N-dealkylation sites (N-methyl/N-ethyl adjacent to an activating group) is 1. The van der Waals surface area contributed by atoms with Gasteiger partial charge in [0.05, 0.1) is 6.61 Å². The second-order valence-corrected chi connectivity index (χ2v) is 4.70. The molecule has 4 nitrogen and oxygen atoms in total. The Kier molecular flexibility index (Phi) is 3.99. The van der Waals surface area contributed by atoms with Gasteiger partial charge >= 0.3 is 5.97 Å². The second kappa shape index (κ2) is 5.50. The number of carbonyl (C=O) groups is 1. The summed E-state index contributed by atoms with van der Waals surface area (Å²) in [6.45, 7) is 3.95. The molecule has 1 aromatic carbocycles. The number of aliphatic hydroxyl groups is 1. The van der Waals surface area contributed by atoms with Crippen molar-refractivity contribution < 1.29 is 14.6 Å². The van der Waals surface area contributed by atoms with E-state index in [9.17, 15) is 9.90 Å². The normalized spacial score (nSPS) is 18.2. The summed E-state index contributed by atoms with van der Waals surface area (Å²) >= 11 is 0. The van der Waals surface area contributed by atoms with Crippen LogP contribution < -0.4 is 0 Å². The highest BCUT2D eigenvalue weighted by atomic mass is 16.5. The van der Waals surface area contributed by atoms with Gasteiger partial charge in [0.2, 0.25) is 0 Å². The maximum absolute atomic E-state index is 11.6. The van der Waals surface area contributed by atoms with E-state index < -0.39 is 12.1 Å². The van der Waals surface area contributed by atoms with Gasteiger partial charge in [-0.05, 0) is 25.1 Å². The monoisotopic (exact) mass is 249 g/mol. The fourth-order valence-electron chi connectivity index (χ4n) is 2.38. The number of esters is 1. The molecule has 1 unspecified atom stereocenters. The molecule has 0 aromatic heterocycles. The molecule has 1 atom stereocenters. The van der Waals surface area contributed by atoms with Gasteiger partial charge in [-0.2, -0.15) is 0 Å². The molecule has 0 aliphatic carbocycles. The van der Waals surface area contributed by atoms with Crippen molar-refractivity contribution in [3.05, 3.63) is 35.4 Å². The lowest BCUT2D eigenvalue weighted by molar-refractivity contribution is -0.153. The summed E-state index contributed by atoms with van der Waals surface area (Å²) in [5.74, 6) is -0.173. The van der Waals surface area contributed by atoms with Gasteiger partial charge in [0.1, 0.15) is 0 Å². The van der Waals surface area contributed by atoms with E-state index in [2.05, 4.69) is 11.9 Å². The van der Waals surface area contributed by atoms with Crippen molar-refractivity contribution >= 4 is 5.97 Å². The average molecular weight is 249 g/mol. The first-order valence-corrected chi connectivity index (χ1v) is 6.25. The summed E-state index contributed by atoms with van der Waals surface area (Å²) in [5, 5.41) is 10.0. The number of rotatable bonds is 4. The van der Waals surface area contributed by atoms with Crippen molar-refractivity contribution in [3.63, 3.8) is 0 Å². The fourth-order valence-corrected chi connectivity index (χ4v) is 2.38. The van der Waals surface area contributed by atoms with Crippen LogP contribution in [-0.2, 0) is 9.53 Å². The SMILES string of the molecule is CCOC(=O)C(O)c1ccccc1C1CN(C)C1. The average Bonchev–Trinajstić information content (AvgIpc) is 2.34. The van der Waals surface area contributed by atoms with Gasteiger partial charge in [-0.1, -0.05) is 24.3 Å². The van der Waals surface area contributed by atoms with Gasteiger partial charge in [-0.15, -0.1) is 0 Å². The molecule has 1 N–H and O–H groups in total. The molecule has 1 saturated heterocycles. The molecule has 1 aliphatic rings. The molecule has 0 spiro atoms. The minimum absolute atomic E-state index is 0.282. The molecule has 0 amide bonds. The summed E-state index contributed by atoms with van der Waals surface area (Å²) in [6, 6.07) is 7.56. The Morgan fingerprint density at radius 2 is 2.17 bits per heavy atom. The smallest absolute Gasteiger partial charge is 0.339 e. The van der Waals surface area contributed by atoms with Crippen molar-refractivity contribution in [2.75, 3.05) is 26.7 Å². The standard InChI is InChI=1S/C14H19NO3/c1-3-18-14(17)13(16)12-7-5-4-6-11(12)10-8-15(2)9-10/h4-7,10,13,16H,3,8-9H2,1-2H3. The third kappa shape index (κ3) is 2.54. The summed E-state index contributed by atoms with van der Waals surface area (Å²) in [6.07, 6.45) is -1.17. The minimum Gasteiger partial charge on any atom is -0.464 e. The zero-order valence-electron chi connectivity index (χ0n) is 10.8. The number of aliphatic hydroxyl groups excluding tert-OH is 1. The maximum atomic E-state index is 11.6. The topological polar surface area (TPSA) is 49.8 Å². The van der Waals surface area contributed by atoms with E-state index in [-0.39, 0.29) is 6.61 Å². The number of hydrogen-bond acceptors (Lipinski definition) is 4. The lowest BCUT2D eigenvalue weighted by atomic mass is 9.87. The van der Waals surface area contributed by atoms with Crippen molar-refractivity contribution in [2.45, 2.75) is 18.9 Å². The first-order chi connectivity index (χ1) is 8.63. The Morgan fingerprint density at radius 3 is 2.78 bits per heavy atom. The fraction of sp³-hybridized carbons (Fsp3) is 0.500. The lowest BCUT2D eigenvalue weighted by Crippen LogP contribution is -2.42. The van der Waals surface area contributed by atoms with Gasteiger partial charge in [-0.3, -0.25) is 0 Å². The Morgan fingerprint density at radius 1 is 1.50 bits per heavy atom. The van der Waals surface area contributed by atoms with Crippen LogP contribution in [0.2, 0.25) is 0 Å². The number of carbonyl (C=O) groups excluding carboxylic acids is 1. The maximum Gasteiger partial charge on any atom is 0.339 e. The molecular weight excluding hydrogens is 230 g/mol. The summed E-state index contributed by atoms with van der Waals surface area (Å²) in [5.41, 5.74) is 1.73. The van der Waals surface area contributed by atoms with Crippen molar-refractivity contribution in [1.29, 1.82) is 0 Å². The minimum atomic E-state index is -1.17. The highest BCUT2D eigenvalue weighted by molar-refractivity contribution is 5.76. The predicted molar refractivity (Wildman–Crippen MR) is 68.3 cm³/mol. The molecule has 1 fully saturated rings. The zero-order valence-corrected chi connectivity index (χ0v) is 10.8. The van der Waals surface area contributed by atoms with E-state index >= 15 is 0 Å². The second-order valence-electron chi connectivity index (χ2n) is 4.70. The van der Waals surface area contributed by atoms with Crippen molar-refractivity contribution in [2.24, 2.45) is 0 Å². The lowest BCUT2D eigenvalue weighted by Gasteiger charge is -2.37. The van der Waals surface area contributed by atoms with E-state index in [1.807, 2.05) is 18.2 Å². The Hall–Kier alpha value is -1.39. The van der Waals surface area contributed by atoms with E-state index in [1.54, 1.807) is 13.0 Å². The molecule has 18 heavy (non-hydrogen) atoms. The number of ether oxygens (including phenoxy) is 1. The van der Waals surface area contributed by atoms with E-state index in [4.69, 9.17) is 4.74 Å². The quantitative estimate of drug-likeness (QED) is 0.817. The van der Waals surface area contributed by atoms with Gasteiger partial charge < -0.3 is 14.7 Å². The van der Waals surface area contributed by atoms with Crippen LogP contribution in [0.1, 0.15) is 30.1 Å². The molecule has 0 saturated carbocycles. The van der Waals surface area contributed by atoms with Gasteiger partial charge in [0.25, 0.3) is 0 Å². The molecule has 2 rings (SSSR count).